The summed E-state index contributed by atoms with van der Waals surface area (Å²) in [6.45, 7) is 6.44. The van der Waals surface area contributed by atoms with E-state index < -0.39 is 0 Å². The first-order valence-electron chi connectivity index (χ1n) is 6.11. The summed E-state index contributed by atoms with van der Waals surface area (Å²) >= 11 is 0. The van der Waals surface area contributed by atoms with Crippen LogP contribution in [0.25, 0.3) is 21.9 Å². The molecule has 2 aromatic carbocycles. The maximum absolute atomic E-state index is 5.93. The maximum atomic E-state index is 5.93. The van der Waals surface area contributed by atoms with Gasteiger partial charge in [0, 0.05) is 10.8 Å². The standard InChI is InChI=1S/C16H16O/c1-4-12-5-6-13-14-7-10(2)11(3)8-15(14)17-16(13)9-12/h5-9H,4H2,1-3H3. The molecule has 0 saturated heterocycles. The third kappa shape index (κ3) is 1.54. The molecule has 3 rings (SSSR count). The van der Waals surface area contributed by atoms with E-state index in [4.69, 9.17) is 4.42 Å². The Morgan fingerprint density at radius 1 is 0.882 bits per heavy atom. The summed E-state index contributed by atoms with van der Waals surface area (Å²) < 4.78 is 5.93. The van der Waals surface area contributed by atoms with Crippen LogP contribution in [-0.4, -0.2) is 0 Å². The molecule has 1 heteroatoms. The van der Waals surface area contributed by atoms with Crippen LogP contribution >= 0.6 is 0 Å². The minimum absolute atomic E-state index is 0.997. The van der Waals surface area contributed by atoms with Crippen LogP contribution in [0.2, 0.25) is 0 Å². The van der Waals surface area contributed by atoms with Crippen molar-refractivity contribution in [2.45, 2.75) is 27.2 Å². The molecule has 1 nitrogen and oxygen atoms in total. The Hall–Kier alpha value is -1.76. The molecule has 3 aromatic rings. The first-order chi connectivity index (χ1) is 8.19. The highest BCUT2D eigenvalue weighted by Crippen LogP contribution is 2.31. The highest BCUT2D eigenvalue weighted by atomic mass is 16.3. The Labute approximate surface area is 101 Å². The van der Waals surface area contributed by atoms with Gasteiger partial charge in [0.25, 0.3) is 0 Å². The first-order valence-corrected chi connectivity index (χ1v) is 6.11. The fourth-order valence-corrected chi connectivity index (χ4v) is 2.30. The number of fused-ring (bicyclic) bond motifs is 3. The summed E-state index contributed by atoms with van der Waals surface area (Å²) in [6.07, 6.45) is 1.05. The number of benzene rings is 2. The topological polar surface area (TPSA) is 13.1 Å². The Morgan fingerprint density at radius 2 is 1.59 bits per heavy atom. The number of hydrogen-bond donors (Lipinski definition) is 0. The van der Waals surface area contributed by atoms with Crippen molar-refractivity contribution in [3.63, 3.8) is 0 Å². The molecule has 17 heavy (non-hydrogen) atoms. The molecular weight excluding hydrogens is 208 g/mol. The largest absolute Gasteiger partial charge is 0.456 e. The maximum Gasteiger partial charge on any atom is 0.135 e. The van der Waals surface area contributed by atoms with Crippen LogP contribution < -0.4 is 0 Å². The second-order valence-corrected chi connectivity index (χ2v) is 4.72. The Morgan fingerprint density at radius 3 is 2.35 bits per heavy atom. The van der Waals surface area contributed by atoms with Crippen LogP contribution in [0.3, 0.4) is 0 Å². The van der Waals surface area contributed by atoms with Gasteiger partial charge < -0.3 is 4.42 Å². The number of furan rings is 1. The van der Waals surface area contributed by atoms with Crippen LogP contribution in [0.4, 0.5) is 0 Å². The molecule has 0 unspecified atom stereocenters. The minimum Gasteiger partial charge on any atom is -0.456 e. The molecular formula is C16H16O. The van der Waals surface area contributed by atoms with E-state index in [0.29, 0.717) is 0 Å². The molecule has 1 heterocycles. The average molecular weight is 224 g/mol. The number of rotatable bonds is 1. The van der Waals surface area contributed by atoms with E-state index in [9.17, 15) is 0 Å². The van der Waals surface area contributed by atoms with Crippen LogP contribution in [0.15, 0.2) is 34.7 Å². The van der Waals surface area contributed by atoms with Crippen LogP contribution in [0.5, 0.6) is 0 Å². The summed E-state index contributed by atoms with van der Waals surface area (Å²) in [5.74, 6) is 0. The Bertz CT molecular complexity index is 704. The minimum atomic E-state index is 0.997. The fraction of sp³-hybridized carbons (Fsp3) is 0.250. The van der Waals surface area contributed by atoms with Crippen molar-refractivity contribution in [1.82, 2.24) is 0 Å². The van der Waals surface area contributed by atoms with E-state index >= 15 is 0 Å². The quantitative estimate of drug-likeness (QED) is 0.580. The first kappa shape index (κ1) is 10.4. The molecule has 0 fully saturated rings. The van der Waals surface area contributed by atoms with Gasteiger partial charge in [-0.3, -0.25) is 0 Å². The van der Waals surface area contributed by atoms with Gasteiger partial charge in [0.05, 0.1) is 0 Å². The van der Waals surface area contributed by atoms with Gasteiger partial charge in [-0.2, -0.15) is 0 Å². The molecule has 0 atom stereocenters. The molecule has 1 aromatic heterocycles. The SMILES string of the molecule is CCc1ccc2c(c1)oc1cc(C)c(C)cc12. The molecule has 86 valence electrons. The lowest BCUT2D eigenvalue weighted by Gasteiger charge is -1.98. The average Bonchev–Trinajstić information content (AvgIpc) is 2.66. The van der Waals surface area contributed by atoms with E-state index in [0.717, 1.165) is 17.6 Å². The molecule has 0 N–H and O–H groups in total. The summed E-state index contributed by atoms with van der Waals surface area (Å²) in [5.41, 5.74) is 5.93. The third-order valence-corrected chi connectivity index (χ3v) is 3.56. The van der Waals surface area contributed by atoms with E-state index in [2.05, 4.69) is 51.1 Å². The lowest BCUT2D eigenvalue weighted by molar-refractivity contribution is 0.667. The lowest BCUT2D eigenvalue weighted by atomic mass is 10.0. The van der Waals surface area contributed by atoms with Crippen molar-refractivity contribution < 1.29 is 4.42 Å². The van der Waals surface area contributed by atoms with Crippen LogP contribution in [0.1, 0.15) is 23.6 Å². The Kier molecular flexibility index (Phi) is 2.22. The summed E-state index contributed by atoms with van der Waals surface area (Å²) in [5, 5.41) is 2.45. The fourth-order valence-electron chi connectivity index (χ4n) is 2.30. The van der Waals surface area contributed by atoms with E-state index in [1.807, 2.05) is 0 Å². The number of aryl methyl sites for hydroxylation is 3. The zero-order valence-electron chi connectivity index (χ0n) is 10.5. The second-order valence-electron chi connectivity index (χ2n) is 4.72. The van der Waals surface area contributed by atoms with Gasteiger partial charge in [0.1, 0.15) is 11.2 Å². The van der Waals surface area contributed by atoms with Crippen molar-refractivity contribution in [3.8, 4) is 0 Å². The molecule has 0 bridgehead atoms. The van der Waals surface area contributed by atoms with Gasteiger partial charge in [0.15, 0.2) is 0 Å². The molecule has 0 amide bonds. The molecule has 0 aliphatic carbocycles. The van der Waals surface area contributed by atoms with E-state index in [-0.39, 0.29) is 0 Å². The van der Waals surface area contributed by atoms with E-state index in [1.54, 1.807) is 0 Å². The lowest BCUT2D eigenvalue weighted by Crippen LogP contribution is -1.79. The predicted molar refractivity (Wildman–Crippen MR) is 72.6 cm³/mol. The molecule has 0 spiro atoms. The second kappa shape index (κ2) is 3.63. The van der Waals surface area contributed by atoms with Crippen LogP contribution in [0, 0.1) is 13.8 Å². The highest BCUT2D eigenvalue weighted by Gasteiger charge is 2.08. The molecule has 0 saturated carbocycles. The van der Waals surface area contributed by atoms with Crippen molar-refractivity contribution in [3.05, 3.63) is 47.0 Å². The summed E-state index contributed by atoms with van der Waals surface area (Å²) in [6, 6.07) is 10.9. The van der Waals surface area contributed by atoms with Gasteiger partial charge in [-0.05, 0) is 55.2 Å². The summed E-state index contributed by atoms with van der Waals surface area (Å²) in [7, 11) is 0. The zero-order chi connectivity index (χ0) is 12.0. The molecule has 0 aliphatic heterocycles. The van der Waals surface area contributed by atoms with Crippen molar-refractivity contribution in [2.75, 3.05) is 0 Å². The zero-order valence-corrected chi connectivity index (χ0v) is 10.5. The normalized spacial score (nSPS) is 11.5. The van der Waals surface area contributed by atoms with E-state index in [1.165, 1.54) is 27.5 Å². The summed E-state index contributed by atoms with van der Waals surface area (Å²) in [4.78, 5) is 0. The van der Waals surface area contributed by atoms with Gasteiger partial charge in [0.2, 0.25) is 0 Å². The highest BCUT2D eigenvalue weighted by molar-refractivity contribution is 6.05. The smallest absolute Gasteiger partial charge is 0.135 e. The Balaban J connectivity index is 2.41. The van der Waals surface area contributed by atoms with Gasteiger partial charge >= 0.3 is 0 Å². The van der Waals surface area contributed by atoms with Gasteiger partial charge in [-0.1, -0.05) is 19.1 Å². The monoisotopic (exact) mass is 224 g/mol. The van der Waals surface area contributed by atoms with Crippen molar-refractivity contribution >= 4 is 21.9 Å². The van der Waals surface area contributed by atoms with Gasteiger partial charge in [-0.15, -0.1) is 0 Å². The van der Waals surface area contributed by atoms with Gasteiger partial charge in [-0.25, -0.2) is 0 Å². The molecule has 0 aliphatic rings. The predicted octanol–water partition coefficient (Wildman–Crippen LogP) is 4.77. The van der Waals surface area contributed by atoms with Crippen LogP contribution in [-0.2, 0) is 6.42 Å². The molecule has 0 radical (unpaired) electrons. The number of hydrogen-bond acceptors (Lipinski definition) is 1. The van der Waals surface area contributed by atoms with Crippen molar-refractivity contribution in [2.24, 2.45) is 0 Å². The third-order valence-electron chi connectivity index (χ3n) is 3.56. The van der Waals surface area contributed by atoms with Crippen molar-refractivity contribution in [1.29, 1.82) is 0 Å².